The molecule has 2 N–H and O–H groups in total. The summed E-state index contributed by atoms with van der Waals surface area (Å²) in [6.07, 6.45) is 5.52. The summed E-state index contributed by atoms with van der Waals surface area (Å²) < 4.78 is 0. The Hall–Kier alpha value is -0.830. The number of piperidine rings is 1. The second-order valence-corrected chi connectivity index (χ2v) is 4.47. The maximum Gasteiger partial charge on any atom is 0.222 e. The van der Waals surface area contributed by atoms with Gasteiger partial charge in [-0.1, -0.05) is 6.08 Å². The first-order valence-corrected chi connectivity index (χ1v) is 5.79. The highest BCUT2D eigenvalue weighted by atomic mass is 16.2. The minimum Gasteiger partial charge on any atom is -0.343 e. The molecule has 1 rings (SSSR count). The van der Waals surface area contributed by atoms with Gasteiger partial charge in [-0.2, -0.15) is 0 Å². The van der Waals surface area contributed by atoms with Crippen molar-refractivity contribution in [1.82, 2.24) is 4.90 Å². The fourth-order valence-electron chi connectivity index (χ4n) is 1.89. The van der Waals surface area contributed by atoms with Gasteiger partial charge in [-0.15, -0.1) is 6.58 Å². The Bertz CT molecular complexity index is 218. The Morgan fingerprint density at radius 2 is 2.20 bits per heavy atom. The minimum atomic E-state index is 0.125. The molecule has 0 radical (unpaired) electrons. The number of nitrogens with zero attached hydrogens (tertiary/aromatic N) is 1. The molecule has 86 valence electrons. The average molecular weight is 210 g/mol. The first kappa shape index (κ1) is 12.2. The van der Waals surface area contributed by atoms with Gasteiger partial charge in [0, 0.05) is 25.6 Å². The van der Waals surface area contributed by atoms with Crippen LogP contribution >= 0.6 is 0 Å². The number of likely N-dealkylation sites (tertiary alicyclic amines) is 1. The van der Waals surface area contributed by atoms with Crippen molar-refractivity contribution in [2.24, 2.45) is 11.7 Å². The zero-order valence-electron chi connectivity index (χ0n) is 9.61. The Morgan fingerprint density at radius 3 is 2.67 bits per heavy atom. The van der Waals surface area contributed by atoms with Crippen LogP contribution in [0.1, 0.15) is 32.6 Å². The van der Waals surface area contributed by atoms with Crippen LogP contribution < -0.4 is 5.73 Å². The highest BCUT2D eigenvalue weighted by Gasteiger charge is 2.20. The molecule has 0 aromatic heterocycles. The van der Waals surface area contributed by atoms with Crippen LogP contribution in [0.5, 0.6) is 0 Å². The lowest BCUT2D eigenvalue weighted by atomic mass is 9.97. The summed E-state index contributed by atoms with van der Waals surface area (Å²) >= 11 is 0. The lowest BCUT2D eigenvalue weighted by Crippen LogP contribution is -2.38. The maximum absolute atomic E-state index is 11.7. The van der Waals surface area contributed by atoms with E-state index in [4.69, 9.17) is 5.73 Å². The third kappa shape index (κ3) is 4.04. The molecule has 0 aliphatic carbocycles. The molecule has 0 saturated carbocycles. The van der Waals surface area contributed by atoms with Crippen molar-refractivity contribution in [3.63, 3.8) is 0 Å². The molecule has 1 heterocycles. The molecule has 1 aliphatic heterocycles. The van der Waals surface area contributed by atoms with Gasteiger partial charge in [0.25, 0.3) is 0 Å². The van der Waals surface area contributed by atoms with Gasteiger partial charge in [0.1, 0.15) is 0 Å². The van der Waals surface area contributed by atoms with Crippen LogP contribution in [0.15, 0.2) is 12.7 Å². The second kappa shape index (κ2) is 5.91. The van der Waals surface area contributed by atoms with Crippen LogP contribution in [0.4, 0.5) is 0 Å². The van der Waals surface area contributed by atoms with Crippen LogP contribution in [0.2, 0.25) is 0 Å². The smallest absolute Gasteiger partial charge is 0.222 e. The predicted molar refractivity (Wildman–Crippen MR) is 62.4 cm³/mol. The largest absolute Gasteiger partial charge is 0.343 e. The van der Waals surface area contributed by atoms with Crippen molar-refractivity contribution in [3.05, 3.63) is 12.7 Å². The summed E-state index contributed by atoms with van der Waals surface area (Å²) in [5.74, 6) is 0.859. The predicted octanol–water partition coefficient (Wildman–Crippen LogP) is 1.54. The topological polar surface area (TPSA) is 46.3 Å². The van der Waals surface area contributed by atoms with Crippen LogP contribution in [-0.4, -0.2) is 29.9 Å². The first-order valence-electron chi connectivity index (χ1n) is 5.79. The number of amides is 1. The third-order valence-corrected chi connectivity index (χ3v) is 3.04. The Kier molecular flexibility index (Phi) is 4.82. The fourth-order valence-corrected chi connectivity index (χ4v) is 1.89. The van der Waals surface area contributed by atoms with Gasteiger partial charge in [0.15, 0.2) is 0 Å². The van der Waals surface area contributed by atoms with Gasteiger partial charge in [-0.05, 0) is 32.1 Å². The molecular weight excluding hydrogens is 188 g/mol. The molecule has 0 aromatic carbocycles. The fraction of sp³-hybridized carbons (Fsp3) is 0.750. The van der Waals surface area contributed by atoms with E-state index in [0.717, 1.165) is 32.4 Å². The van der Waals surface area contributed by atoms with Gasteiger partial charge in [-0.25, -0.2) is 0 Å². The van der Waals surface area contributed by atoms with E-state index in [0.29, 0.717) is 12.3 Å². The van der Waals surface area contributed by atoms with E-state index >= 15 is 0 Å². The normalized spacial score (nSPS) is 20.0. The van der Waals surface area contributed by atoms with Crippen molar-refractivity contribution >= 4 is 5.91 Å². The van der Waals surface area contributed by atoms with Gasteiger partial charge in [0.2, 0.25) is 5.91 Å². The van der Waals surface area contributed by atoms with E-state index in [-0.39, 0.29) is 11.9 Å². The van der Waals surface area contributed by atoms with Gasteiger partial charge < -0.3 is 10.6 Å². The van der Waals surface area contributed by atoms with Gasteiger partial charge in [-0.3, -0.25) is 4.79 Å². The van der Waals surface area contributed by atoms with Crippen LogP contribution in [0.3, 0.4) is 0 Å². The summed E-state index contributed by atoms with van der Waals surface area (Å²) in [5, 5.41) is 0. The Labute approximate surface area is 92.3 Å². The van der Waals surface area contributed by atoms with E-state index in [9.17, 15) is 4.79 Å². The SMILES string of the molecule is C=CC1CCN(C(=O)CCC(C)N)CC1. The summed E-state index contributed by atoms with van der Waals surface area (Å²) in [7, 11) is 0. The van der Waals surface area contributed by atoms with Crippen molar-refractivity contribution in [1.29, 1.82) is 0 Å². The zero-order valence-corrected chi connectivity index (χ0v) is 9.61. The van der Waals surface area contributed by atoms with Crippen molar-refractivity contribution in [2.45, 2.75) is 38.6 Å². The molecular formula is C12H22N2O. The van der Waals surface area contributed by atoms with Gasteiger partial charge >= 0.3 is 0 Å². The van der Waals surface area contributed by atoms with E-state index in [2.05, 4.69) is 6.58 Å². The highest BCUT2D eigenvalue weighted by Crippen LogP contribution is 2.18. The number of hydrogen-bond donors (Lipinski definition) is 1. The van der Waals surface area contributed by atoms with Crippen molar-refractivity contribution in [2.75, 3.05) is 13.1 Å². The van der Waals surface area contributed by atoms with Crippen LogP contribution in [-0.2, 0) is 4.79 Å². The molecule has 3 heteroatoms. The quantitative estimate of drug-likeness (QED) is 0.715. The second-order valence-electron chi connectivity index (χ2n) is 4.47. The highest BCUT2D eigenvalue weighted by molar-refractivity contribution is 5.76. The number of nitrogens with two attached hydrogens (primary N) is 1. The summed E-state index contributed by atoms with van der Waals surface area (Å²) in [4.78, 5) is 13.7. The average Bonchev–Trinajstić information content (AvgIpc) is 2.26. The third-order valence-electron chi connectivity index (χ3n) is 3.04. The molecule has 0 spiro atoms. The number of carbonyl (C=O) groups is 1. The number of rotatable bonds is 4. The standard InChI is InChI=1S/C12H22N2O/c1-3-11-6-8-14(9-7-11)12(15)5-4-10(2)13/h3,10-11H,1,4-9,13H2,2H3. The molecule has 1 saturated heterocycles. The molecule has 15 heavy (non-hydrogen) atoms. The van der Waals surface area contributed by atoms with Crippen molar-refractivity contribution in [3.8, 4) is 0 Å². The lowest BCUT2D eigenvalue weighted by Gasteiger charge is -2.30. The summed E-state index contributed by atoms with van der Waals surface area (Å²) in [5.41, 5.74) is 5.63. The molecule has 3 nitrogen and oxygen atoms in total. The molecule has 1 amide bonds. The molecule has 0 aromatic rings. The Balaban J connectivity index is 2.27. The van der Waals surface area contributed by atoms with Crippen molar-refractivity contribution < 1.29 is 4.79 Å². The lowest BCUT2D eigenvalue weighted by molar-refractivity contribution is -0.132. The maximum atomic E-state index is 11.7. The minimum absolute atomic E-state index is 0.125. The summed E-state index contributed by atoms with van der Waals surface area (Å²) in [6, 6.07) is 0.125. The molecule has 1 fully saturated rings. The Morgan fingerprint density at radius 1 is 1.60 bits per heavy atom. The molecule has 1 unspecified atom stereocenters. The van der Waals surface area contributed by atoms with E-state index in [1.165, 1.54) is 0 Å². The molecule has 0 bridgehead atoms. The zero-order chi connectivity index (χ0) is 11.3. The van der Waals surface area contributed by atoms with E-state index in [1.54, 1.807) is 0 Å². The van der Waals surface area contributed by atoms with Gasteiger partial charge in [0.05, 0.1) is 0 Å². The molecule has 1 atom stereocenters. The number of carbonyl (C=O) groups excluding carboxylic acids is 1. The number of hydrogen-bond acceptors (Lipinski definition) is 2. The monoisotopic (exact) mass is 210 g/mol. The summed E-state index contributed by atoms with van der Waals surface area (Å²) in [6.45, 7) is 7.50. The molecule has 1 aliphatic rings. The number of allylic oxidation sites excluding steroid dienone is 1. The van der Waals surface area contributed by atoms with E-state index in [1.807, 2.05) is 17.9 Å². The first-order chi connectivity index (χ1) is 7.13. The van der Waals surface area contributed by atoms with E-state index < -0.39 is 0 Å². The van der Waals surface area contributed by atoms with Crippen LogP contribution in [0.25, 0.3) is 0 Å². The van der Waals surface area contributed by atoms with Crippen LogP contribution in [0, 0.1) is 5.92 Å².